The maximum absolute atomic E-state index is 12.8. The van der Waals surface area contributed by atoms with E-state index in [2.05, 4.69) is 29.1 Å². The predicted octanol–water partition coefficient (Wildman–Crippen LogP) is 3.47. The summed E-state index contributed by atoms with van der Waals surface area (Å²) < 4.78 is 7.59. The fourth-order valence-corrected chi connectivity index (χ4v) is 3.62. The van der Waals surface area contributed by atoms with Crippen molar-refractivity contribution in [2.75, 3.05) is 32.8 Å². The number of hydrogen-bond donors (Lipinski definition) is 0. The van der Waals surface area contributed by atoms with Gasteiger partial charge in [0, 0.05) is 44.5 Å². The standard InChI is InChI=1S/C23H28N4O2/c1-2-3-16-29-22-9-7-19(8-10-22)23(28)26-14-12-25(13-15-26)18-20-17-21-6-4-5-11-27(21)24-20/h4-11,17H,2-3,12-16,18H2,1H3. The van der Waals surface area contributed by atoms with Crippen LogP contribution in [0.1, 0.15) is 35.8 Å². The number of carbonyl (C=O) groups is 1. The third-order valence-corrected chi connectivity index (χ3v) is 5.33. The van der Waals surface area contributed by atoms with Crippen molar-refractivity contribution in [2.45, 2.75) is 26.3 Å². The fraction of sp³-hybridized carbons (Fsp3) is 0.391. The zero-order chi connectivity index (χ0) is 20.1. The first-order chi connectivity index (χ1) is 14.2. The topological polar surface area (TPSA) is 50.1 Å². The fourth-order valence-electron chi connectivity index (χ4n) is 3.62. The Morgan fingerprint density at radius 3 is 2.59 bits per heavy atom. The summed E-state index contributed by atoms with van der Waals surface area (Å²) in [6.45, 7) is 6.87. The van der Waals surface area contributed by atoms with Crippen LogP contribution in [0.5, 0.6) is 5.75 Å². The van der Waals surface area contributed by atoms with Gasteiger partial charge >= 0.3 is 0 Å². The molecular weight excluding hydrogens is 364 g/mol. The number of pyridine rings is 1. The Morgan fingerprint density at radius 2 is 1.86 bits per heavy atom. The highest BCUT2D eigenvalue weighted by molar-refractivity contribution is 5.94. The zero-order valence-electron chi connectivity index (χ0n) is 17.0. The summed E-state index contributed by atoms with van der Waals surface area (Å²) >= 11 is 0. The number of nitrogens with zero attached hydrogens (tertiary/aromatic N) is 4. The van der Waals surface area contributed by atoms with Crippen LogP contribution in [0, 0.1) is 0 Å². The Hall–Kier alpha value is -2.86. The van der Waals surface area contributed by atoms with Gasteiger partial charge in [-0.2, -0.15) is 5.10 Å². The second kappa shape index (κ2) is 9.09. The van der Waals surface area contributed by atoms with Gasteiger partial charge in [-0.05, 0) is 48.9 Å². The number of amides is 1. The van der Waals surface area contributed by atoms with Gasteiger partial charge in [-0.1, -0.05) is 19.4 Å². The molecule has 6 heteroatoms. The van der Waals surface area contributed by atoms with E-state index in [1.807, 2.05) is 52.0 Å². The molecule has 0 saturated carbocycles. The van der Waals surface area contributed by atoms with Crippen molar-refractivity contribution in [1.82, 2.24) is 19.4 Å². The van der Waals surface area contributed by atoms with Crippen LogP contribution >= 0.6 is 0 Å². The van der Waals surface area contributed by atoms with Crippen molar-refractivity contribution in [3.05, 3.63) is 66.0 Å². The number of hydrogen-bond acceptors (Lipinski definition) is 4. The first-order valence-corrected chi connectivity index (χ1v) is 10.4. The lowest BCUT2D eigenvalue weighted by Crippen LogP contribution is -2.48. The molecule has 1 aromatic carbocycles. The van der Waals surface area contributed by atoms with Crippen molar-refractivity contribution in [3.8, 4) is 5.75 Å². The van der Waals surface area contributed by atoms with E-state index in [-0.39, 0.29) is 5.91 Å². The van der Waals surface area contributed by atoms with Crippen molar-refractivity contribution < 1.29 is 9.53 Å². The summed E-state index contributed by atoms with van der Waals surface area (Å²) in [5.74, 6) is 0.921. The van der Waals surface area contributed by atoms with E-state index >= 15 is 0 Å². The molecule has 0 aliphatic carbocycles. The largest absolute Gasteiger partial charge is 0.494 e. The minimum Gasteiger partial charge on any atom is -0.494 e. The number of piperazine rings is 1. The Bertz CT molecular complexity index is 910. The van der Waals surface area contributed by atoms with Gasteiger partial charge < -0.3 is 9.64 Å². The van der Waals surface area contributed by atoms with Gasteiger partial charge in [0.05, 0.1) is 17.8 Å². The Kier molecular flexibility index (Phi) is 6.10. The zero-order valence-corrected chi connectivity index (χ0v) is 17.0. The minimum atomic E-state index is 0.0949. The lowest BCUT2D eigenvalue weighted by Gasteiger charge is -2.34. The third-order valence-electron chi connectivity index (χ3n) is 5.33. The number of ether oxygens (including phenoxy) is 1. The van der Waals surface area contributed by atoms with Crippen LogP contribution in [-0.4, -0.2) is 58.1 Å². The van der Waals surface area contributed by atoms with Gasteiger partial charge in [0.25, 0.3) is 5.91 Å². The number of rotatable bonds is 7. The van der Waals surface area contributed by atoms with Gasteiger partial charge in [-0.25, -0.2) is 4.52 Å². The smallest absolute Gasteiger partial charge is 0.253 e. The molecule has 3 heterocycles. The number of fused-ring (bicyclic) bond motifs is 1. The first-order valence-electron chi connectivity index (χ1n) is 10.4. The molecule has 4 rings (SSSR count). The average molecular weight is 393 g/mol. The average Bonchev–Trinajstić information content (AvgIpc) is 3.17. The number of carbonyl (C=O) groups excluding carboxylic acids is 1. The molecule has 1 aliphatic rings. The monoisotopic (exact) mass is 392 g/mol. The maximum atomic E-state index is 12.8. The van der Waals surface area contributed by atoms with Crippen molar-refractivity contribution in [2.24, 2.45) is 0 Å². The van der Waals surface area contributed by atoms with Crippen LogP contribution in [-0.2, 0) is 6.54 Å². The van der Waals surface area contributed by atoms with Crippen molar-refractivity contribution in [3.63, 3.8) is 0 Å². The normalized spacial score (nSPS) is 15.0. The molecule has 3 aromatic rings. The highest BCUT2D eigenvalue weighted by Crippen LogP contribution is 2.16. The predicted molar refractivity (Wildman–Crippen MR) is 113 cm³/mol. The number of unbranched alkanes of at least 4 members (excludes halogenated alkanes) is 1. The quantitative estimate of drug-likeness (QED) is 0.578. The van der Waals surface area contributed by atoms with Crippen molar-refractivity contribution in [1.29, 1.82) is 0 Å². The van der Waals surface area contributed by atoms with E-state index in [1.54, 1.807) is 0 Å². The lowest BCUT2D eigenvalue weighted by molar-refractivity contribution is 0.0627. The summed E-state index contributed by atoms with van der Waals surface area (Å²) in [5.41, 5.74) is 2.90. The molecule has 0 atom stereocenters. The summed E-state index contributed by atoms with van der Waals surface area (Å²) in [6, 6.07) is 15.7. The molecule has 0 bridgehead atoms. The van der Waals surface area contributed by atoms with E-state index in [0.717, 1.165) is 74.7 Å². The van der Waals surface area contributed by atoms with Gasteiger partial charge in [-0.3, -0.25) is 9.69 Å². The van der Waals surface area contributed by atoms with E-state index in [4.69, 9.17) is 4.74 Å². The molecule has 2 aromatic heterocycles. The SMILES string of the molecule is CCCCOc1ccc(C(=O)N2CCN(Cc3cc4ccccn4n3)CC2)cc1. The van der Waals surface area contributed by atoms with E-state index in [0.29, 0.717) is 0 Å². The molecule has 0 radical (unpaired) electrons. The molecule has 29 heavy (non-hydrogen) atoms. The first kappa shape index (κ1) is 19.5. The second-order valence-corrected chi connectivity index (χ2v) is 7.50. The van der Waals surface area contributed by atoms with Crippen LogP contribution in [0.4, 0.5) is 0 Å². The molecule has 1 saturated heterocycles. The van der Waals surface area contributed by atoms with Crippen LogP contribution in [0.25, 0.3) is 5.52 Å². The Balaban J connectivity index is 1.29. The summed E-state index contributed by atoms with van der Waals surface area (Å²) in [4.78, 5) is 17.1. The highest BCUT2D eigenvalue weighted by Gasteiger charge is 2.22. The molecular formula is C23H28N4O2. The molecule has 6 nitrogen and oxygen atoms in total. The van der Waals surface area contributed by atoms with Crippen LogP contribution < -0.4 is 4.74 Å². The Morgan fingerprint density at radius 1 is 1.07 bits per heavy atom. The molecule has 1 amide bonds. The highest BCUT2D eigenvalue weighted by atomic mass is 16.5. The molecule has 0 spiro atoms. The molecule has 1 fully saturated rings. The van der Waals surface area contributed by atoms with E-state index < -0.39 is 0 Å². The second-order valence-electron chi connectivity index (χ2n) is 7.50. The lowest BCUT2D eigenvalue weighted by atomic mass is 10.1. The summed E-state index contributed by atoms with van der Waals surface area (Å²) in [6.07, 6.45) is 4.12. The van der Waals surface area contributed by atoms with Gasteiger partial charge in [0.15, 0.2) is 0 Å². The van der Waals surface area contributed by atoms with Crippen LogP contribution in [0.2, 0.25) is 0 Å². The number of aromatic nitrogens is 2. The minimum absolute atomic E-state index is 0.0949. The van der Waals surface area contributed by atoms with Crippen LogP contribution in [0.15, 0.2) is 54.7 Å². The van der Waals surface area contributed by atoms with Crippen molar-refractivity contribution >= 4 is 11.4 Å². The maximum Gasteiger partial charge on any atom is 0.253 e. The van der Waals surface area contributed by atoms with Gasteiger partial charge in [0.1, 0.15) is 5.75 Å². The molecule has 152 valence electrons. The van der Waals surface area contributed by atoms with Gasteiger partial charge in [0.2, 0.25) is 0 Å². The van der Waals surface area contributed by atoms with E-state index in [1.165, 1.54) is 0 Å². The summed E-state index contributed by atoms with van der Waals surface area (Å²) in [5, 5.41) is 4.63. The van der Waals surface area contributed by atoms with Crippen LogP contribution in [0.3, 0.4) is 0 Å². The third kappa shape index (κ3) is 4.77. The van der Waals surface area contributed by atoms with Gasteiger partial charge in [-0.15, -0.1) is 0 Å². The molecule has 0 N–H and O–H groups in total. The van der Waals surface area contributed by atoms with E-state index in [9.17, 15) is 4.79 Å². The number of benzene rings is 1. The Labute approximate surface area is 171 Å². The summed E-state index contributed by atoms with van der Waals surface area (Å²) in [7, 11) is 0. The molecule has 1 aliphatic heterocycles. The molecule has 0 unspecified atom stereocenters.